The van der Waals surface area contributed by atoms with E-state index < -0.39 is 6.67 Å². The van der Waals surface area contributed by atoms with Gasteiger partial charge in [0, 0.05) is 5.57 Å². The van der Waals surface area contributed by atoms with Crippen molar-refractivity contribution in [2.45, 2.75) is 12.8 Å². The molecule has 0 spiro atoms. The standard InChI is InChI=1S/C9H11FO2/c1-12-9(11)8-4-2-7(6-10)3-5-8/h2,4H,3,5-6H2,1H3. The molecular weight excluding hydrogens is 159 g/mol. The molecule has 0 atom stereocenters. The molecule has 1 rings (SSSR count). The van der Waals surface area contributed by atoms with Crippen molar-refractivity contribution in [1.29, 1.82) is 0 Å². The number of esters is 1. The molecule has 0 aromatic rings. The van der Waals surface area contributed by atoms with Crippen molar-refractivity contribution >= 4 is 5.97 Å². The van der Waals surface area contributed by atoms with E-state index in [1.54, 1.807) is 12.2 Å². The summed E-state index contributed by atoms with van der Waals surface area (Å²) in [7, 11) is 1.34. The highest BCUT2D eigenvalue weighted by Gasteiger charge is 2.12. The molecule has 0 radical (unpaired) electrons. The Balaban J connectivity index is 2.66. The Labute approximate surface area is 70.7 Å². The van der Waals surface area contributed by atoms with E-state index in [1.807, 2.05) is 0 Å². The Kier molecular flexibility index (Phi) is 3.02. The average molecular weight is 170 g/mol. The first-order valence-electron chi connectivity index (χ1n) is 3.81. The fourth-order valence-corrected chi connectivity index (χ4v) is 1.09. The number of hydrogen-bond acceptors (Lipinski definition) is 2. The van der Waals surface area contributed by atoms with Gasteiger partial charge in [-0.15, -0.1) is 0 Å². The van der Waals surface area contributed by atoms with Gasteiger partial charge >= 0.3 is 5.97 Å². The Morgan fingerprint density at radius 2 is 2.33 bits per heavy atom. The van der Waals surface area contributed by atoms with Gasteiger partial charge in [-0.2, -0.15) is 0 Å². The topological polar surface area (TPSA) is 26.3 Å². The van der Waals surface area contributed by atoms with Gasteiger partial charge in [-0.25, -0.2) is 9.18 Å². The molecule has 0 amide bonds. The highest BCUT2D eigenvalue weighted by molar-refractivity contribution is 5.89. The largest absolute Gasteiger partial charge is 0.466 e. The Bertz CT molecular complexity index is 241. The lowest BCUT2D eigenvalue weighted by Gasteiger charge is -2.10. The van der Waals surface area contributed by atoms with E-state index in [4.69, 9.17) is 0 Å². The number of carbonyl (C=O) groups is 1. The van der Waals surface area contributed by atoms with Crippen molar-refractivity contribution in [3.05, 3.63) is 23.3 Å². The van der Waals surface area contributed by atoms with Crippen LogP contribution in [0.3, 0.4) is 0 Å². The average Bonchev–Trinajstić information content (AvgIpc) is 2.17. The monoisotopic (exact) mass is 170 g/mol. The molecule has 0 aromatic carbocycles. The van der Waals surface area contributed by atoms with Crippen molar-refractivity contribution in [3.63, 3.8) is 0 Å². The molecule has 0 bridgehead atoms. The smallest absolute Gasteiger partial charge is 0.333 e. The summed E-state index contributed by atoms with van der Waals surface area (Å²) in [5, 5.41) is 0. The zero-order valence-electron chi connectivity index (χ0n) is 6.97. The van der Waals surface area contributed by atoms with Gasteiger partial charge in [0.05, 0.1) is 7.11 Å². The summed E-state index contributed by atoms with van der Waals surface area (Å²) in [5.74, 6) is -0.316. The lowest BCUT2D eigenvalue weighted by atomic mass is 9.99. The third-order valence-electron chi connectivity index (χ3n) is 1.85. The van der Waals surface area contributed by atoms with Crippen LogP contribution in [0, 0.1) is 0 Å². The first kappa shape index (κ1) is 8.97. The minimum Gasteiger partial charge on any atom is -0.466 e. The van der Waals surface area contributed by atoms with Crippen LogP contribution >= 0.6 is 0 Å². The maximum absolute atomic E-state index is 12.1. The third kappa shape index (κ3) is 1.94. The molecule has 0 aromatic heterocycles. The predicted octanol–water partition coefficient (Wildman–Crippen LogP) is 1.78. The van der Waals surface area contributed by atoms with Gasteiger partial charge < -0.3 is 4.74 Å². The number of halogens is 1. The zero-order chi connectivity index (χ0) is 8.97. The molecule has 0 saturated carbocycles. The Hall–Kier alpha value is -1.12. The van der Waals surface area contributed by atoms with Crippen LogP contribution < -0.4 is 0 Å². The van der Waals surface area contributed by atoms with Crippen LogP contribution in [0.5, 0.6) is 0 Å². The number of methoxy groups -OCH3 is 1. The number of alkyl halides is 1. The molecule has 0 fully saturated rings. The number of ether oxygens (including phenoxy) is 1. The van der Waals surface area contributed by atoms with E-state index in [2.05, 4.69) is 4.74 Å². The van der Waals surface area contributed by atoms with Gasteiger partial charge in [0.2, 0.25) is 0 Å². The second-order valence-corrected chi connectivity index (χ2v) is 2.64. The van der Waals surface area contributed by atoms with E-state index in [9.17, 15) is 9.18 Å². The molecule has 12 heavy (non-hydrogen) atoms. The lowest BCUT2D eigenvalue weighted by Crippen LogP contribution is -2.07. The summed E-state index contributed by atoms with van der Waals surface area (Å²) in [6.45, 7) is -0.426. The predicted molar refractivity (Wildman–Crippen MR) is 43.4 cm³/mol. The van der Waals surface area contributed by atoms with Crippen LogP contribution in [0.2, 0.25) is 0 Å². The fourth-order valence-electron chi connectivity index (χ4n) is 1.09. The first-order chi connectivity index (χ1) is 5.77. The molecule has 1 aliphatic carbocycles. The highest BCUT2D eigenvalue weighted by atomic mass is 19.1. The molecule has 2 nitrogen and oxygen atoms in total. The summed E-state index contributed by atoms with van der Waals surface area (Å²) in [4.78, 5) is 10.9. The summed E-state index contributed by atoms with van der Waals surface area (Å²) in [5.41, 5.74) is 1.36. The minimum atomic E-state index is -0.426. The van der Waals surface area contributed by atoms with Crippen molar-refractivity contribution in [2.75, 3.05) is 13.8 Å². The lowest BCUT2D eigenvalue weighted by molar-refractivity contribution is -0.136. The molecule has 1 aliphatic rings. The summed E-state index contributed by atoms with van der Waals surface area (Å²) in [6.07, 6.45) is 4.49. The van der Waals surface area contributed by atoms with E-state index in [1.165, 1.54) is 7.11 Å². The van der Waals surface area contributed by atoms with E-state index in [-0.39, 0.29) is 5.97 Å². The van der Waals surface area contributed by atoms with Crippen molar-refractivity contribution in [3.8, 4) is 0 Å². The second kappa shape index (κ2) is 4.04. The first-order valence-corrected chi connectivity index (χ1v) is 3.81. The molecular formula is C9H11FO2. The third-order valence-corrected chi connectivity index (χ3v) is 1.85. The van der Waals surface area contributed by atoms with Crippen LogP contribution in [0.15, 0.2) is 23.3 Å². The van der Waals surface area contributed by atoms with Crippen LogP contribution in [-0.2, 0) is 9.53 Å². The maximum atomic E-state index is 12.1. The van der Waals surface area contributed by atoms with Crippen molar-refractivity contribution in [2.24, 2.45) is 0 Å². The van der Waals surface area contributed by atoms with Gasteiger partial charge in [0.15, 0.2) is 0 Å². The Morgan fingerprint density at radius 1 is 1.58 bits per heavy atom. The maximum Gasteiger partial charge on any atom is 0.333 e. The van der Waals surface area contributed by atoms with E-state index in [0.717, 1.165) is 5.57 Å². The molecule has 3 heteroatoms. The molecule has 0 heterocycles. The SMILES string of the molecule is COC(=O)C1=CC=C(CF)CC1. The van der Waals surface area contributed by atoms with Gasteiger partial charge in [0.1, 0.15) is 6.67 Å². The van der Waals surface area contributed by atoms with Gasteiger partial charge in [-0.05, 0) is 18.4 Å². The molecule has 0 saturated heterocycles. The quantitative estimate of drug-likeness (QED) is 0.590. The van der Waals surface area contributed by atoms with Crippen LogP contribution in [-0.4, -0.2) is 19.8 Å². The van der Waals surface area contributed by atoms with Gasteiger partial charge in [0.25, 0.3) is 0 Å². The number of rotatable bonds is 2. The Morgan fingerprint density at radius 3 is 2.75 bits per heavy atom. The van der Waals surface area contributed by atoms with Crippen LogP contribution in [0.4, 0.5) is 4.39 Å². The molecule has 0 aliphatic heterocycles. The molecule has 66 valence electrons. The van der Waals surface area contributed by atoms with Crippen molar-refractivity contribution in [1.82, 2.24) is 0 Å². The van der Waals surface area contributed by atoms with Crippen molar-refractivity contribution < 1.29 is 13.9 Å². The highest BCUT2D eigenvalue weighted by Crippen LogP contribution is 2.19. The normalized spacial score (nSPS) is 16.5. The zero-order valence-corrected chi connectivity index (χ0v) is 6.97. The van der Waals surface area contributed by atoms with E-state index in [0.29, 0.717) is 18.4 Å². The van der Waals surface area contributed by atoms with Crippen LogP contribution in [0.25, 0.3) is 0 Å². The number of carbonyl (C=O) groups excluding carboxylic acids is 1. The second-order valence-electron chi connectivity index (χ2n) is 2.64. The minimum absolute atomic E-state index is 0.316. The molecule has 0 N–H and O–H groups in total. The van der Waals surface area contributed by atoms with Gasteiger partial charge in [-0.3, -0.25) is 0 Å². The van der Waals surface area contributed by atoms with E-state index >= 15 is 0 Å². The van der Waals surface area contributed by atoms with Crippen LogP contribution in [0.1, 0.15) is 12.8 Å². The summed E-state index contributed by atoms with van der Waals surface area (Å²) < 4.78 is 16.6. The van der Waals surface area contributed by atoms with Gasteiger partial charge in [-0.1, -0.05) is 12.2 Å². The summed E-state index contributed by atoms with van der Waals surface area (Å²) >= 11 is 0. The summed E-state index contributed by atoms with van der Waals surface area (Å²) in [6, 6.07) is 0. The number of allylic oxidation sites excluding steroid dienone is 3. The fraction of sp³-hybridized carbons (Fsp3) is 0.444. The molecule has 0 unspecified atom stereocenters. The number of hydrogen-bond donors (Lipinski definition) is 0.